The molecule has 6 heteroatoms. The molecule has 0 bridgehead atoms. The Hall–Kier alpha value is -1.31. The molecule has 21 heavy (non-hydrogen) atoms. The van der Waals surface area contributed by atoms with E-state index in [9.17, 15) is 4.79 Å². The van der Waals surface area contributed by atoms with Crippen LogP contribution < -0.4 is 0 Å². The van der Waals surface area contributed by atoms with Crippen LogP contribution in [0.2, 0.25) is 0 Å². The molecule has 0 aliphatic carbocycles. The summed E-state index contributed by atoms with van der Waals surface area (Å²) in [5, 5.41) is 0. The Labute approximate surface area is 122 Å². The van der Waals surface area contributed by atoms with Gasteiger partial charge in [-0.05, 0) is 0 Å². The number of Topliss-reactive ketones (excluding diaryl/α,β-unsaturated/α-hetero) is 1. The second kappa shape index (κ2) is 6.21. The van der Waals surface area contributed by atoms with Gasteiger partial charge in [-0.2, -0.15) is 0 Å². The second-order valence-electron chi connectivity index (χ2n) is 4.98. The van der Waals surface area contributed by atoms with Crippen molar-refractivity contribution >= 4 is 5.78 Å². The lowest BCUT2D eigenvalue weighted by atomic mass is 9.99. The van der Waals surface area contributed by atoms with E-state index in [0.29, 0.717) is 6.61 Å². The van der Waals surface area contributed by atoms with E-state index in [-0.39, 0.29) is 5.78 Å². The van der Waals surface area contributed by atoms with Crippen LogP contribution in [0.3, 0.4) is 0 Å². The number of hydrogen-bond donors (Lipinski definition) is 0. The summed E-state index contributed by atoms with van der Waals surface area (Å²) < 4.78 is 27.5. The first kappa shape index (κ1) is 14.6. The number of carbonyl (C=O) groups excluding carboxylic acids is 1. The maximum atomic E-state index is 12.2. The molecule has 114 valence electrons. The van der Waals surface area contributed by atoms with Gasteiger partial charge in [-0.3, -0.25) is 4.79 Å². The molecule has 0 radical (unpaired) electrons. The number of hydrogen-bond acceptors (Lipinski definition) is 6. The fraction of sp³-hybridized carbons (Fsp3) is 0.533. The molecule has 3 rings (SSSR count). The lowest BCUT2D eigenvalue weighted by Gasteiger charge is -2.43. The third-order valence-electron chi connectivity index (χ3n) is 3.71. The van der Waals surface area contributed by atoms with Gasteiger partial charge in [-0.1, -0.05) is 30.3 Å². The standard InChI is InChI=1S/C15H18O6/c1-17-13-11(16)15(18-2)20-10-8-19-14(21-12(10)13)9-6-4-3-5-7-9/h3-7,10,12-15H,8H2,1-2H3/t10-,12-,13+,14?,15+/m1/s1. The zero-order valence-corrected chi connectivity index (χ0v) is 11.9. The van der Waals surface area contributed by atoms with Crippen molar-refractivity contribution in [3.63, 3.8) is 0 Å². The minimum atomic E-state index is -0.934. The number of fused-ring (bicyclic) bond motifs is 1. The number of carbonyl (C=O) groups is 1. The van der Waals surface area contributed by atoms with Crippen LogP contribution in [0.1, 0.15) is 11.9 Å². The molecule has 6 nitrogen and oxygen atoms in total. The number of benzene rings is 1. The Morgan fingerprint density at radius 2 is 1.86 bits per heavy atom. The van der Waals surface area contributed by atoms with Crippen LogP contribution in [-0.2, 0) is 28.5 Å². The van der Waals surface area contributed by atoms with Crippen molar-refractivity contribution in [3.8, 4) is 0 Å². The fourth-order valence-corrected chi connectivity index (χ4v) is 2.66. The maximum Gasteiger partial charge on any atom is 0.220 e. The van der Waals surface area contributed by atoms with Crippen LogP contribution in [0.5, 0.6) is 0 Å². The van der Waals surface area contributed by atoms with Gasteiger partial charge in [-0.15, -0.1) is 0 Å². The van der Waals surface area contributed by atoms with Gasteiger partial charge in [-0.25, -0.2) is 0 Å². The molecule has 5 atom stereocenters. The predicted octanol–water partition coefficient (Wildman–Crippen LogP) is 1.06. The van der Waals surface area contributed by atoms with Crippen LogP contribution in [0, 0.1) is 0 Å². The van der Waals surface area contributed by atoms with Crippen LogP contribution in [0.25, 0.3) is 0 Å². The first-order valence-electron chi connectivity index (χ1n) is 6.81. The molecule has 0 amide bonds. The Morgan fingerprint density at radius 3 is 2.52 bits per heavy atom. The average Bonchev–Trinajstić information content (AvgIpc) is 2.54. The Balaban J connectivity index is 1.79. The zero-order chi connectivity index (χ0) is 14.8. The lowest BCUT2D eigenvalue weighted by Crippen LogP contribution is -2.60. The molecule has 1 unspecified atom stereocenters. The molecule has 0 aromatic heterocycles. The molecule has 2 aliphatic rings. The van der Waals surface area contributed by atoms with Gasteiger partial charge in [0.1, 0.15) is 18.3 Å². The van der Waals surface area contributed by atoms with Crippen molar-refractivity contribution in [3.05, 3.63) is 35.9 Å². The minimum Gasteiger partial charge on any atom is -0.371 e. The fourth-order valence-electron chi connectivity index (χ4n) is 2.66. The predicted molar refractivity (Wildman–Crippen MR) is 71.5 cm³/mol. The number of ketones is 1. The van der Waals surface area contributed by atoms with Crippen LogP contribution in [0.4, 0.5) is 0 Å². The largest absolute Gasteiger partial charge is 0.371 e. The van der Waals surface area contributed by atoms with E-state index in [4.69, 9.17) is 23.7 Å². The molecule has 0 spiro atoms. The lowest BCUT2D eigenvalue weighted by molar-refractivity contribution is -0.319. The van der Waals surface area contributed by atoms with Crippen molar-refractivity contribution in [1.82, 2.24) is 0 Å². The van der Waals surface area contributed by atoms with E-state index in [0.717, 1.165) is 5.56 Å². The van der Waals surface area contributed by atoms with Gasteiger partial charge >= 0.3 is 0 Å². The second-order valence-corrected chi connectivity index (χ2v) is 4.98. The molecule has 1 aromatic carbocycles. The van der Waals surface area contributed by atoms with Gasteiger partial charge in [0.25, 0.3) is 0 Å². The van der Waals surface area contributed by atoms with Gasteiger partial charge in [0.15, 0.2) is 6.29 Å². The van der Waals surface area contributed by atoms with Crippen molar-refractivity contribution in [2.24, 2.45) is 0 Å². The molecule has 1 aromatic rings. The zero-order valence-electron chi connectivity index (χ0n) is 11.9. The van der Waals surface area contributed by atoms with Crippen LogP contribution >= 0.6 is 0 Å². The first-order chi connectivity index (χ1) is 10.2. The summed E-state index contributed by atoms with van der Waals surface area (Å²) in [4.78, 5) is 12.2. The molecule has 2 heterocycles. The van der Waals surface area contributed by atoms with Gasteiger partial charge in [0.05, 0.1) is 6.61 Å². The quantitative estimate of drug-likeness (QED) is 0.830. The summed E-state index contributed by atoms with van der Waals surface area (Å²) in [5.41, 5.74) is 0.895. The summed E-state index contributed by atoms with van der Waals surface area (Å²) in [6, 6.07) is 9.56. The van der Waals surface area contributed by atoms with Crippen LogP contribution in [-0.4, -0.2) is 51.2 Å². The summed E-state index contributed by atoms with van der Waals surface area (Å²) >= 11 is 0. The monoisotopic (exact) mass is 294 g/mol. The molecule has 2 saturated heterocycles. The topological polar surface area (TPSA) is 63.2 Å². The summed E-state index contributed by atoms with van der Waals surface area (Å²) in [5.74, 6) is -0.269. The molecular formula is C15H18O6. The molecule has 2 fully saturated rings. The van der Waals surface area contributed by atoms with E-state index in [1.165, 1.54) is 14.2 Å². The van der Waals surface area contributed by atoms with E-state index in [1.54, 1.807) is 0 Å². The van der Waals surface area contributed by atoms with Crippen LogP contribution in [0.15, 0.2) is 30.3 Å². The molecule has 2 aliphatic heterocycles. The molecule has 0 N–H and O–H groups in total. The normalized spacial score (nSPS) is 36.3. The first-order valence-corrected chi connectivity index (χ1v) is 6.81. The van der Waals surface area contributed by atoms with Crippen molar-refractivity contribution < 1.29 is 28.5 Å². The van der Waals surface area contributed by atoms with E-state index in [1.807, 2.05) is 30.3 Å². The highest BCUT2D eigenvalue weighted by atomic mass is 16.7. The third-order valence-corrected chi connectivity index (χ3v) is 3.71. The van der Waals surface area contributed by atoms with E-state index >= 15 is 0 Å². The highest BCUT2D eigenvalue weighted by molar-refractivity contribution is 5.87. The van der Waals surface area contributed by atoms with Crippen molar-refractivity contribution in [2.75, 3.05) is 20.8 Å². The number of ether oxygens (including phenoxy) is 5. The SMILES string of the molecule is CO[C@H]1O[C@@H]2COC(c3ccccc3)O[C@H]2[C@@H](OC)C1=O. The molecule has 0 saturated carbocycles. The highest BCUT2D eigenvalue weighted by Gasteiger charge is 2.49. The Morgan fingerprint density at radius 1 is 1.10 bits per heavy atom. The van der Waals surface area contributed by atoms with E-state index in [2.05, 4.69) is 0 Å². The third kappa shape index (κ3) is 2.73. The van der Waals surface area contributed by atoms with Gasteiger partial charge in [0, 0.05) is 19.8 Å². The van der Waals surface area contributed by atoms with Crippen molar-refractivity contribution in [2.45, 2.75) is 30.9 Å². The molecular weight excluding hydrogens is 276 g/mol. The number of methoxy groups -OCH3 is 2. The van der Waals surface area contributed by atoms with Gasteiger partial charge in [0.2, 0.25) is 12.1 Å². The number of rotatable bonds is 3. The van der Waals surface area contributed by atoms with Crippen molar-refractivity contribution in [1.29, 1.82) is 0 Å². The Bertz CT molecular complexity index is 490. The minimum absolute atomic E-state index is 0.269. The average molecular weight is 294 g/mol. The van der Waals surface area contributed by atoms with E-state index < -0.39 is 30.9 Å². The summed E-state index contributed by atoms with van der Waals surface area (Å²) in [6.07, 6.45) is -3.08. The highest BCUT2D eigenvalue weighted by Crippen LogP contribution is 2.33. The maximum absolute atomic E-state index is 12.2. The summed E-state index contributed by atoms with van der Waals surface area (Å²) in [6.45, 7) is 0.317. The van der Waals surface area contributed by atoms with Gasteiger partial charge < -0.3 is 23.7 Å². The summed E-state index contributed by atoms with van der Waals surface area (Å²) in [7, 11) is 2.90. The Kier molecular flexibility index (Phi) is 4.32. The smallest absolute Gasteiger partial charge is 0.220 e.